The second-order valence-corrected chi connectivity index (χ2v) is 9.59. The van der Waals surface area contributed by atoms with Crippen molar-refractivity contribution in [3.63, 3.8) is 0 Å². The van der Waals surface area contributed by atoms with Gasteiger partial charge in [0.05, 0.1) is 91.9 Å². The molecule has 0 aliphatic heterocycles. The number of carbonyl (C=O) groups excluding carboxylic acids is 1. The zero-order valence-electron chi connectivity index (χ0n) is 26.1. The Balaban J connectivity index is 0.0000168. The molecule has 1 aromatic rings. The number of carboxylic acids is 1. The molecule has 10 nitrogen and oxygen atoms in total. The molecule has 11 heteroatoms. The Bertz CT molecular complexity index is 738. The number of rotatable bonds is 31. The second-order valence-electron chi connectivity index (χ2n) is 9.59. The minimum absolute atomic E-state index is 0. The van der Waals surface area contributed by atoms with Gasteiger partial charge < -0.3 is 48.2 Å². The maximum atomic E-state index is 11.6. The Hall–Kier alpha value is 0.262. The molecule has 0 bridgehead atoms. The predicted octanol–water partition coefficient (Wildman–Crippen LogP) is 0.208. The molecular weight excluding hydrogens is 665 g/mol. The minimum Gasteiger partial charge on any atom is -0.545 e. The molecule has 0 aliphatic rings. The number of benzene rings is 1. The Morgan fingerprint density at radius 2 is 1.07 bits per heavy atom. The third-order valence-corrected chi connectivity index (χ3v) is 6.16. The number of aryl methyl sites for hydroxylation is 1. The number of unbranched alkanes of at least 4 members (excludes halogenated alkanes) is 7. The van der Waals surface area contributed by atoms with E-state index in [4.69, 9.17) is 38.3 Å². The SMILES string of the molecule is CCCCCCCCCCc1ccc(OCCOCCOCCOCCOCCOCCOCCO)c(C(=O)[O-])c1.[Cs+]. The van der Waals surface area contributed by atoms with Crippen molar-refractivity contribution in [2.24, 2.45) is 0 Å². The molecule has 42 heavy (non-hydrogen) atoms. The number of hydrogen-bond donors (Lipinski definition) is 1. The van der Waals surface area contributed by atoms with Gasteiger partial charge in [0.2, 0.25) is 0 Å². The maximum Gasteiger partial charge on any atom is 1.00 e. The number of aliphatic hydroxyl groups excluding tert-OH is 1. The van der Waals surface area contributed by atoms with Gasteiger partial charge in [0.1, 0.15) is 12.4 Å². The van der Waals surface area contributed by atoms with Crippen LogP contribution < -0.4 is 78.7 Å². The molecule has 0 spiro atoms. The van der Waals surface area contributed by atoms with Crippen molar-refractivity contribution < 1.29 is 117 Å². The molecule has 1 aromatic carbocycles. The van der Waals surface area contributed by atoms with Gasteiger partial charge in [0.15, 0.2) is 0 Å². The van der Waals surface area contributed by atoms with Crippen molar-refractivity contribution in [2.45, 2.75) is 64.7 Å². The molecule has 0 aromatic heterocycles. The quantitative estimate of drug-likeness (QED) is 0.107. The van der Waals surface area contributed by atoms with Crippen LogP contribution in [0.25, 0.3) is 0 Å². The monoisotopic (exact) mass is 718 g/mol. The van der Waals surface area contributed by atoms with Crippen LogP contribution in [0.1, 0.15) is 74.2 Å². The topological polar surface area (TPSA) is 125 Å². The molecule has 1 N–H and O–H groups in total. The van der Waals surface area contributed by atoms with E-state index in [2.05, 4.69) is 6.92 Å². The van der Waals surface area contributed by atoms with Crippen LogP contribution in [-0.2, 0) is 34.8 Å². The molecule has 0 heterocycles. The van der Waals surface area contributed by atoms with E-state index >= 15 is 0 Å². The van der Waals surface area contributed by atoms with Crippen molar-refractivity contribution in [2.75, 3.05) is 92.5 Å². The molecule has 0 aliphatic carbocycles. The third-order valence-electron chi connectivity index (χ3n) is 6.16. The smallest absolute Gasteiger partial charge is 0.545 e. The van der Waals surface area contributed by atoms with Gasteiger partial charge in [-0.25, -0.2) is 0 Å². The number of hydrogen-bond acceptors (Lipinski definition) is 10. The zero-order valence-corrected chi connectivity index (χ0v) is 32.4. The number of carboxylic acid groups (broad SMARTS) is 1. The first-order valence-corrected chi connectivity index (χ1v) is 15.2. The Labute approximate surface area is 311 Å². The van der Waals surface area contributed by atoms with Gasteiger partial charge in [0.25, 0.3) is 0 Å². The van der Waals surface area contributed by atoms with Crippen molar-refractivity contribution in [1.29, 1.82) is 0 Å². The fourth-order valence-corrected chi connectivity index (χ4v) is 3.96. The largest absolute Gasteiger partial charge is 1.00 e. The first kappa shape index (κ1) is 42.3. The fraction of sp³-hybridized carbons (Fsp3) is 0.774. The van der Waals surface area contributed by atoms with Crippen LogP contribution in [0.4, 0.5) is 0 Å². The summed E-state index contributed by atoms with van der Waals surface area (Å²) in [5.74, 6) is -0.922. The molecule has 0 atom stereocenters. The number of aromatic carboxylic acids is 1. The van der Waals surface area contributed by atoms with Gasteiger partial charge >= 0.3 is 68.9 Å². The normalized spacial score (nSPS) is 11.0. The summed E-state index contributed by atoms with van der Waals surface area (Å²) >= 11 is 0. The summed E-state index contributed by atoms with van der Waals surface area (Å²) in [7, 11) is 0. The van der Waals surface area contributed by atoms with Crippen LogP contribution >= 0.6 is 0 Å². The van der Waals surface area contributed by atoms with Crippen LogP contribution in [0.2, 0.25) is 0 Å². The van der Waals surface area contributed by atoms with Crippen LogP contribution in [0.15, 0.2) is 18.2 Å². The van der Waals surface area contributed by atoms with Gasteiger partial charge in [-0.3, -0.25) is 0 Å². The average Bonchev–Trinajstić information content (AvgIpc) is 2.97. The summed E-state index contributed by atoms with van der Waals surface area (Å²) in [6, 6.07) is 5.31. The van der Waals surface area contributed by atoms with E-state index in [9.17, 15) is 9.90 Å². The minimum atomic E-state index is -1.23. The van der Waals surface area contributed by atoms with E-state index in [0.717, 1.165) is 24.8 Å². The van der Waals surface area contributed by atoms with Gasteiger partial charge in [-0.15, -0.1) is 0 Å². The van der Waals surface area contributed by atoms with Gasteiger partial charge in [0, 0.05) is 5.56 Å². The molecule has 0 amide bonds. The Kier molecular flexibility index (Phi) is 32.9. The van der Waals surface area contributed by atoms with E-state index in [1.54, 1.807) is 12.1 Å². The Morgan fingerprint density at radius 1 is 0.643 bits per heavy atom. The zero-order chi connectivity index (χ0) is 29.6. The van der Waals surface area contributed by atoms with Crippen molar-refractivity contribution in [1.82, 2.24) is 0 Å². The van der Waals surface area contributed by atoms with E-state index in [0.29, 0.717) is 85.0 Å². The molecular formula is C31H53CsO10. The molecule has 0 fully saturated rings. The Morgan fingerprint density at radius 3 is 1.52 bits per heavy atom. The molecule has 0 saturated heterocycles. The molecule has 0 saturated carbocycles. The summed E-state index contributed by atoms with van der Waals surface area (Å²) in [6.45, 7) is 7.75. The van der Waals surface area contributed by atoms with E-state index in [1.165, 1.54) is 38.5 Å². The maximum absolute atomic E-state index is 11.6. The third kappa shape index (κ3) is 25.6. The van der Waals surface area contributed by atoms with Crippen LogP contribution in [0, 0.1) is 0 Å². The average molecular weight is 719 g/mol. The summed E-state index contributed by atoms with van der Waals surface area (Å²) < 4.78 is 37.8. The van der Waals surface area contributed by atoms with Gasteiger partial charge in [-0.1, -0.05) is 57.9 Å². The molecule has 238 valence electrons. The fourth-order valence-electron chi connectivity index (χ4n) is 3.96. The number of carbonyl (C=O) groups is 1. The summed E-state index contributed by atoms with van der Waals surface area (Å²) in [5.41, 5.74) is 1.08. The first-order valence-electron chi connectivity index (χ1n) is 15.2. The van der Waals surface area contributed by atoms with Crippen LogP contribution in [0.3, 0.4) is 0 Å². The summed E-state index contributed by atoms with van der Waals surface area (Å²) in [5, 5.41) is 20.2. The molecule has 0 unspecified atom stereocenters. The summed E-state index contributed by atoms with van der Waals surface area (Å²) in [6.07, 6.45) is 10.8. The van der Waals surface area contributed by atoms with E-state index < -0.39 is 5.97 Å². The van der Waals surface area contributed by atoms with Crippen LogP contribution in [0.5, 0.6) is 5.75 Å². The van der Waals surface area contributed by atoms with E-state index in [1.807, 2.05) is 6.07 Å². The molecule has 0 radical (unpaired) electrons. The van der Waals surface area contributed by atoms with Gasteiger partial charge in [-0.05, 0) is 30.5 Å². The second kappa shape index (κ2) is 32.6. The predicted molar refractivity (Wildman–Crippen MR) is 155 cm³/mol. The van der Waals surface area contributed by atoms with Crippen molar-refractivity contribution in [3.8, 4) is 5.75 Å². The number of ether oxygens (including phenoxy) is 7. The summed E-state index contributed by atoms with van der Waals surface area (Å²) in [4.78, 5) is 11.6. The first-order chi connectivity index (χ1) is 20.2. The van der Waals surface area contributed by atoms with Gasteiger partial charge in [-0.2, -0.15) is 0 Å². The van der Waals surface area contributed by atoms with E-state index in [-0.39, 0.29) is 87.7 Å². The van der Waals surface area contributed by atoms with Crippen molar-refractivity contribution in [3.05, 3.63) is 29.3 Å². The standard InChI is InChI=1S/C31H54O10.Cs/c1-2-3-4-5-6-7-8-9-10-28-11-12-30(29(27-28)31(33)34)41-26-25-40-24-23-39-22-21-38-20-19-37-18-17-36-16-15-35-14-13-32;/h11-12,27,32H,2-10,13-26H2,1H3,(H,33,34);/q;+1/p-1. The number of aliphatic hydroxyl groups is 1. The van der Waals surface area contributed by atoms with Crippen LogP contribution in [-0.4, -0.2) is 104 Å². The van der Waals surface area contributed by atoms with Crippen molar-refractivity contribution >= 4 is 5.97 Å². The molecule has 1 rings (SSSR count).